The predicted octanol–water partition coefficient (Wildman–Crippen LogP) is 3.66. The average molecular weight is 424 g/mol. The molecule has 2 amide bonds. The standard InChI is InChI=1S/C23H24N2O6/c1-16(26)31-21-13-19-12-20(21)25(23(28)30-15-18-10-6-3-7-11-18)24(19)22(27)29-14-17-8-4-2-5-9-17/h2-11,19-21H,12-15H2,1H3/t19-,20+,21-/m0/s1. The van der Waals surface area contributed by atoms with Gasteiger partial charge in [0.05, 0.1) is 12.1 Å². The van der Waals surface area contributed by atoms with Crippen molar-refractivity contribution < 1.29 is 28.6 Å². The van der Waals surface area contributed by atoms with Gasteiger partial charge in [0.15, 0.2) is 0 Å². The Balaban J connectivity index is 1.47. The molecule has 1 aliphatic carbocycles. The number of hydrazine groups is 1. The molecule has 1 aliphatic heterocycles. The van der Waals surface area contributed by atoms with Crippen LogP contribution < -0.4 is 0 Å². The first-order valence-corrected chi connectivity index (χ1v) is 10.2. The van der Waals surface area contributed by atoms with Gasteiger partial charge in [0.25, 0.3) is 0 Å². The van der Waals surface area contributed by atoms with E-state index in [4.69, 9.17) is 14.2 Å². The van der Waals surface area contributed by atoms with Crippen molar-refractivity contribution in [3.05, 3.63) is 71.8 Å². The van der Waals surface area contributed by atoms with E-state index >= 15 is 0 Å². The maximum absolute atomic E-state index is 12.9. The largest absolute Gasteiger partial charge is 0.460 e. The molecule has 0 aromatic heterocycles. The molecule has 162 valence electrons. The monoisotopic (exact) mass is 424 g/mol. The van der Waals surface area contributed by atoms with Crippen molar-refractivity contribution in [2.75, 3.05) is 0 Å². The van der Waals surface area contributed by atoms with Gasteiger partial charge in [-0.1, -0.05) is 60.7 Å². The van der Waals surface area contributed by atoms with Crippen LogP contribution in [0.2, 0.25) is 0 Å². The molecule has 2 bridgehead atoms. The van der Waals surface area contributed by atoms with E-state index in [0.717, 1.165) is 11.1 Å². The molecule has 8 nitrogen and oxygen atoms in total. The SMILES string of the molecule is CC(=O)O[C@H]1C[C@@H]2C[C@H]1N(C(=O)OCc1ccccc1)N2C(=O)OCc1ccccc1. The Morgan fingerprint density at radius 3 is 1.84 bits per heavy atom. The molecule has 1 heterocycles. The van der Waals surface area contributed by atoms with Gasteiger partial charge in [0.1, 0.15) is 19.3 Å². The second-order valence-electron chi connectivity index (χ2n) is 7.61. The van der Waals surface area contributed by atoms with Crippen LogP contribution in [-0.2, 0) is 32.2 Å². The summed E-state index contributed by atoms with van der Waals surface area (Å²) in [6.07, 6.45) is -0.838. The molecule has 3 atom stereocenters. The summed E-state index contributed by atoms with van der Waals surface area (Å²) in [7, 11) is 0. The van der Waals surface area contributed by atoms with E-state index in [1.807, 2.05) is 60.7 Å². The third-order valence-electron chi connectivity index (χ3n) is 5.44. The number of hydrogen-bond donors (Lipinski definition) is 0. The van der Waals surface area contributed by atoms with Crippen LogP contribution in [0, 0.1) is 0 Å². The van der Waals surface area contributed by atoms with Crippen LogP contribution in [0.25, 0.3) is 0 Å². The maximum Gasteiger partial charge on any atom is 0.429 e. The van der Waals surface area contributed by atoms with Crippen LogP contribution in [0.5, 0.6) is 0 Å². The average Bonchev–Trinajstić information content (AvgIpc) is 3.35. The van der Waals surface area contributed by atoms with Gasteiger partial charge in [-0.25, -0.2) is 19.6 Å². The summed E-state index contributed by atoms with van der Waals surface area (Å²) in [5, 5.41) is 2.55. The van der Waals surface area contributed by atoms with E-state index in [1.165, 1.54) is 16.9 Å². The van der Waals surface area contributed by atoms with Crippen LogP contribution in [0.15, 0.2) is 60.7 Å². The fourth-order valence-corrected chi connectivity index (χ4v) is 4.12. The highest BCUT2D eigenvalue weighted by atomic mass is 16.6. The van der Waals surface area contributed by atoms with Crippen molar-refractivity contribution in [2.45, 2.75) is 51.2 Å². The molecule has 4 rings (SSSR count). The number of nitrogens with zero attached hydrogens (tertiary/aromatic N) is 2. The molecule has 2 aromatic rings. The summed E-state index contributed by atoms with van der Waals surface area (Å²) < 4.78 is 16.3. The summed E-state index contributed by atoms with van der Waals surface area (Å²) >= 11 is 0. The molecule has 1 saturated carbocycles. The number of ether oxygens (including phenoxy) is 3. The van der Waals surface area contributed by atoms with Crippen molar-refractivity contribution in [3.63, 3.8) is 0 Å². The highest BCUT2D eigenvalue weighted by Gasteiger charge is 2.57. The quantitative estimate of drug-likeness (QED) is 0.538. The summed E-state index contributed by atoms with van der Waals surface area (Å²) in [6, 6.07) is 17.8. The molecule has 2 aliphatic rings. The lowest BCUT2D eigenvalue weighted by Gasteiger charge is -2.39. The molecule has 0 spiro atoms. The summed E-state index contributed by atoms with van der Waals surface area (Å²) in [4.78, 5) is 37.3. The lowest BCUT2D eigenvalue weighted by atomic mass is 10.2. The van der Waals surface area contributed by atoms with Crippen LogP contribution in [0.3, 0.4) is 0 Å². The van der Waals surface area contributed by atoms with E-state index in [1.54, 1.807) is 0 Å². The number of hydrogen-bond acceptors (Lipinski definition) is 6. The second kappa shape index (κ2) is 9.07. The Hall–Kier alpha value is -3.55. The molecule has 2 fully saturated rings. The molecule has 0 N–H and O–H groups in total. The van der Waals surface area contributed by atoms with Gasteiger partial charge in [0, 0.05) is 13.3 Å². The van der Waals surface area contributed by atoms with Gasteiger partial charge in [0.2, 0.25) is 0 Å². The Bertz CT molecular complexity index is 936. The first kappa shape index (κ1) is 20.7. The Labute approximate surface area is 180 Å². The first-order chi connectivity index (χ1) is 15.0. The third kappa shape index (κ3) is 4.63. The smallest absolute Gasteiger partial charge is 0.429 e. The normalized spacial score (nSPS) is 21.6. The molecule has 1 saturated heterocycles. The van der Waals surface area contributed by atoms with Gasteiger partial charge in [-0.05, 0) is 17.5 Å². The molecule has 0 radical (unpaired) electrons. The minimum absolute atomic E-state index is 0.0681. The van der Waals surface area contributed by atoms with Crippen LogP contribution in [0.4, 0.5) is 9.59 Å². The van der Waals surface area contributed by atoms with Crippen molar-refractivity contribution in [1.82, 2.24) is 10.0 Å². The predicted molar refractivity (Wildman–Crippen MR) is 109 cm³/mol. The van der Waals surface area contributed by atoms with Gasteiger partial charge in [-0.2, -0.15) is 0 Å². The molecule has 2 aromatic carbocycles. The summed E-state index contributed by atoms with van der Waals surface area (Å²) in [6.45, 7) is 1.49. The minimum atomic E-state index is -0.676. The molecular formula is C23H24N2O6. The zero-order valence-corrected chi connectivity index (χ0v) is 17.2. The molecule has 31 heavy (non-hydrogen) atoms. The summed E-state index contributed by atoms with van der Waals surface area (Å²) in [5.41, 5.74) is 1.67. The van der Waals surface area contributed by atoms with E-state index < -0.39 is 30.3 Å². The van der Waals surface area contributed by atoms with E-state index in [0.29, 0.717) is 12.8 Å². The van der Waals surface area contributed by atoms with Crippen molar-refractivity contribution >= 4 is 18.2 Å². The van der Waals surface area contributed by atoms with E-state index in [-0.39, 0.29) is 19.3 Å². The Morgan fingerprint density at radius 1 is 0.806 bits per heavy atom. The van der Waals surface area contributed by atoms with Crippen LogP contribution >= 0.6 is 0 Å². The van der Waals surface area contributed by atoms with E-state index in [9.17, 15) is 14.4 Å². The van der Waals surface area contributed by atoms with Gasteiger partial charge >= 0.3 is 18.2 Å². The number of benzene rings is 2. The number of amides is 2. The van der Waals surface area contributed by atoms with Crippen molar-refractivity contribution in [1.29, 1.82) is 0 Å². The molecule has 0 unspecified atom stereocenters. The topological polar surface area (TPSA) is 85.4 Å². The highest BCUT2D eigenvalue weighted by Crippen LogP contribution is 2.40. The molecule has 8 heteroatoms. The molecular weight excluding hydrogens is 400 g/mol. The summed E-state index contributed by atoms with van der Waals surface area (Å²) in [5.74, 6) is -0.423. The van der Waals surface area contributed by atoms with E-state index in [2.05, 4.69) is 0 Å². The fraction of sp³-hybridized carbons (Fsp3) is 0.348. The maximum atomic E-state index is 12.9. The van der Waals surface area contributed by atoms with Gasteiger partial charge in [-0.3, -0.25) is 4.79 Å². The zero-order chi connectivity index (χ0) is 21.8. The van der Waals surface area contributed by atoms with Gasteiger partial charge in [-0.15, -0.1) is 0 Å². The Kier molecular flexibility index (Phi) is 6.06. The van der Waals surface area contributed by atoms with Gasteiger partial charge < -0.3 is 14.2 Å². The Morgan fingerprint density at radius 2 is 1.32 bits per heavy atom. The van der Waals surface area contributed by atoms with Crippen LogP contribution in [-0.4, -0.2) is 46.4 Å². The number of carbonyl (C=O) groups excluding carboxylic acids is 3. The van der Waals surface area contributed by atoms with Crippen molar-refractivity contribution in [3.8, 4) is 0 Å². The number of carbonyl (C=O) groups is 3. The lowest BCUT2D eigenvalue weighted by Crippen LogP contribution is -2.57. The number of rotatable bonds is 5. The number of fused-ring (bicyclic) bond motifs is 2. The number of esters is 1. The first-order valence-electron chi connectivity index (χ1n) is 10.2. The lowest BCUT2D eigenvalue weighted by molar-refractivity contribution is -0.155. The van der Waals surface area contributed by atoms with Crippen molar-refractivity contribution in [2.24, 2.45) is 0 Å². The highest BCUT2D eigenvalue weighted by molar-refractivity contribution is 5.76. The zero-order valence-electron chi connectivity index (χ0n) is 17.2. The third-order valence-corrected chi connectivity index (χ3v) is 5.44. The minimum Gasteiger partial charge on any atom is -0.460 e. The fourth-order valence-electron chi connectivity index (χ4n) is 4.12. The van der Waals surface area contributed by atoms with Crippen LogP contribution in [0.1, 0.15) is 30.9 Å². The second-order valence-corrected chi connectivity index (χ2v) is 7.61.